The maximum atomic E-state index is 16.9. The molecule has 296 valence electrons. The normalized spacial score (nSPS) is 13.2. The molecule has 0 N–H and O–H groups in total. The van der Waals surface area contributed by atoms with Gasteiger partial charge >= 0.3 is 0 Å². The van der Waals surface area contributed by atoms with Crippen LogP contribution in [0, 0.1) is 0 Å². The number of anilines is 9. The number of benzene rings is 6. The fourth-order valence-corrected chi connectivity index (χ4v) is 10.7. The molecule has 0 fully saturated rings. The zero-order valence-corrected chi connectivity index (χ0v) is 33.7. The largest absolute Gasteiger partial charge is 0.453 e. The van der Waals surface area contributed by atoms with Crippen molar-refractivity contribution in [2.24, 2.45) is 0 Å². The van der Waals surface area contributed by atoms with E-state index in [9.17, 15) is 0 Å². The average molecular weight is 825 g/mol. The zero-order chi connectivity index (χ0) is 41.2. The Balaban J connectivity index is 1.07. The van der Waals surface area contributed by atoms with E-state index in [0.29, 0.717) is 68.3 Å². The van der Waals surface area contributed by atoms with Gasteiger partial charge in [-0.25, -0.2) is 15.0 Å². The van der Waals surface area contributed by atoms with Gasteiger partial charge in [-0.15, -0.1) is 0 Å². The van der Waals surface area contributed by atoms with Crippen molar-refractivity contribution >= 4 is 75.0 Å². The van der Waals surface area contributed by atoms with E-state index in [1.165, 1.54) is 0 Å². The van der Waals surface area contributed by atoms with Crippen LogP contribution in [0.25, 0.3) is 0 Å². The number of pyridine rings is 3. The molecule has 3 aromatic heterocycles. The van der Waals surface area contributed by atoms with E-state index in [1.807, 2.05) is 215 Å². The Morgan fingerprint density at radius 1 is 0.290 bits per heavy atom. The van der Waals surface area contributed by atoms with Crippen molar-refractivity contribution in [2.75, 3.05) is 14.7 Å². The van der Waals surface area contributed by atoms with Gasteiger partial charge in [0.05, 0.1) is 34.1 Å². The average Bonchev–Trinajstić information content (AvgIpc) is 3.34. The van der Waals surface area contributed by atoms with Crippen LogP contribution in [-0.2, 0) is 4.57 Å². The van der Waals surface area contributed by atoms with E-state index in [0.717, 1.165) is 34.1 Å². The van der Waals surface area contributed by atoms with E-state index in [1.54, 1.807) is 0 Å². The van der Waals surface area contributed by atoms with Crippen LogP contribution in [0.3, 0.4) is 0 Å². The lowest BCUT2D eigenvalue weighted by Crippen LogP contribution is -2.33. The van der Waals surface area contributed by atoms with Gasteiger partial charge in [0.2, 0.25) is 7.14 Å². The molecule has 0 saturated heterocycles. The van der Waals surface area contributed by atoms with E-state index in [4.69, 9.17) is 29.2 Å². The minimum Gasteiger partial charge on any atom is -0.453 e. The number of hydrogen-bond acceptors (Lipinski definition) is 10. The quantitative estimate of drug-likeness (QED) is 0.151. The summed E-state index contributed by atoms with van der Waals surface area (Å²) in [6.07, 6.45) is 0. The molecule has 0 atom stereocenters. The molecule has 10 nitrogen and oxygen atoms in total. The van der Waals surface area contributed by atoms with Crippen molar-refractivity contribution in [1.82, 2.24) is 15.0 Å². The van der Waals surface area contributed by atoms with Crippen LogP contribution in [0.15, 0.2) is 200 Å². The molecule has 11 heteroatoms. The first-order chi connectivity index (χ1) is 30.6. The van der Waals surface area contributed by atoms with Crippen LogP contribution >= 0.6 is 7.14 Å². The molecule has 12 rings (SSSR count). The van der Waals surface area contributed by atoms with Crippen molar-refractivity contribution in [2.45, 2.75) is 0 Å². The zero-order valence-electron chi connectivity index (χ0n) is 32.8. The molecule has 3 aliphatic rings. The minimum absolute atomic E-state index is 0.316. The fraction of sp³-hybridized carbons (Fsp3) is 0. The summed E-state index contributed by atoms with van der Waals surface area (Å²) in [5.41, 5.74) is 5.78. The van der Waals surface area contributed by atoms with Gasteiger partial charge < -0.3 is 18.8 Å². The lowest BCUT2D eigenvalue weighted by Gasteiger charge is -2.33. The van der Waals surface area contributed by atoms with Gasteiger partial charge in [-0.1, -0.05) is 91.0 Å². The van der Waals surface area contributed by atoms with Gasteiger partial charge in [0, 0.05) is 0 Å². The van der Waals surface area contributed by atoms with Crippen molar-refractivity contribution in [3.63, 3.8) is 0 Å². The monoisotopic (exact) mass is 824 g/mol. The van der Waals surface area contributed by atoms with Gasteiger partial charge in [-0.3, -0.25) is 14.7 Å². The number of para-hydroxylation sites is 12. The van der Waals surface area contributed by atoms with E-state index < -0.39 is 7.14 Å². The molecule has 3 aliphatic heterocycles. The second-order valence-corrected chi connectivity index (χ2v) is 17.4. The topological polar surface area (TPSA) is 93.2 Å². The van der Waals surface area contributed by atoms with Crippen LogP contribution in [0.5, 0.6) is 34.5 Å². The summed E-state index contributed by atoms with van der Waals surface area (Å²) < 4.78 is 35.9. The van der Waals surface area contributed by atoms with Gasteiger partial charge in [0.25, 0.3) is 0 Å². The molecular weight excluding hydrogens is 792 g/mol. The van der Waals surface area contributed by atoms with Crippen LogP contribution in [0.2, 0.25) is 0 Å². The third-order valence-corrected chi connectivity index (χ3v) is 13.8. The van der Waals surface area contributed by atoms with Crippen molar-refractivity contribution in [3.05, 3.63) is 200 Å². The van der Waals surface area contributed by atoms with Crippen molar-refractivity contribution in [1.29, 1.82) is 0 Å². The summed E-state index contributed by atoms with van der Waals surface area (Å²) in [6.45, 7) is 0. The first-order valence-corrected chi connectivity index (χ1v) is 21.8. The SMILES string of the molecule is O=P(c1cccc(N2c3ccccc3Oc3ccccc32)n1)(c1cccc(N2c3ccccc3Oc3ccccc32)n1)c1cccc(N2c3ccccc3Oc3ccccc32)n1. The van der Waals surface area contributed by atoms with E-state index in [-0.39, 0.29) is 0 Å². The minimum atomic E-state index is -4.02. The Morgan fingerprint density at radius 2 is 0.516 bits per heavy atom. The van der Waals surface area contributed by atoms with Gasteiger partial charge in [-0.2, -0.15) is 0 Å². The Morgan fingerprint density at radius 3 is 0.758 bits per heavy atom. The standard InChI is InChI=1S/C51H33N6O4P/c58-62(49-31-13-28-46(52-49)55-34-16-1-7-22-40(34)59-41-23-8-2-17-35(41)55,50-32-14-29-47(53-50)56-36-18-3-9-24-42(36)60-43-25-10-4-19-37(43)56)51-33-15-30-48(54-51)57-38-20-5-11-26-44(38)61-45-27-12-6-21-39(45)57/h1-33H. The maximum Gasteiger partial charge on any atom is 0.223 e. The van der Waals surface area contributed by atoms with Gasteiger partial charge in [-0.05, 0) is 109 Å². The number of aromatic nitrogens is 3. The highest BCUT2D eigenvalue weighted by atomic mass is 31.2. The Kier molecular flexibility index (Phi) is 8.19. The van der Waals surface area contributed by atoms with Crippen LogP contribution < -0.4 is 45.2 Å². The van der Waals surface area contributed by atoms with Crippen LogP contribution in [0.4, 0.5) is 51.6 Å². The van der Waals surface area contributed by atoms with Gasteiger partial charge in [0.15, 0.2) is 34.5 Å². The molecule has 0 spiro atoms. The molecule has 0 saturated carbocycles. The van der Waals surface area contributed by atoms with Crippen molar-refractivity contribution < 1.29 is 18.8 Å². The predicted octanol–water partition coefficient (Wildman–Crippen LogP) is 12.2. The number of fused-ring (bicyclic) bond motifs is 6. The third kappa shape index (κ3) is 5.65. The van der Waals surface area contributed by atoms with E-state index >= 15 is 4.57 Å². The molecule has 6 heterocycles. The summed E-state index contributed by atoms with van der Waals surface area (Å²) in [7, 11) is -4.02. The van der Waals surface area contributed by atoms with E-state index in [2.05, 4.69) is 0 Å². The van der Waals surface area contributed by atoms with Gasteiger partial charge in [0.1, 0.15) is 33.8 Å². The van der Waals surface area contributed by atoms with Crippen LogP contribution in [-0.4, -0.2) is 15.0 Å². The molecular formula is C51H33N6O4P. The second kappa shape index (κ2) is 14.2. The molecule has 0 unspecified atom stereocenters. The summed E-state index contributed by atoms with van der Waals surface area (Å²) in [4.78, 5) is 22.0. The smallest absolute Gasteiger partial charge is 0.223 e. The first kappa shape index (κ1) is 35.7. The lowest BCUT2D eigenvalue weighted by molar-refractivity contribution is 0.476. The molecule has 62 heavy (non-hydrogen) atoms. The fourth-order valence-electron chi connectivity index (χ4n) is 8.34. The summed E-state index contributed by atoms with van der Waals surface area (Å²) in [5, 5.41) is 0. The van der Waals surface area contributed by atoms with Crippen molar-refractivity contribution in [3.8, 4) is 34.5 Å². The predicted molar refractivity (Wildman–Crippen MR) is 243 cm³/mol. The Bertz CT molecular complexity index is 2810. The molecule has 0 radical (unpaired) electrons. The summed E-state index contributed by atoms with van der Waals surface area (Å²) in [6, 6.07) is 63.8. The maximum absolute atomic E-state index is 16.9. The number of hydrogen-bond donors (Lipinski definition) is 0. The second-order valence-electron chi connectivity index (χ2n) is 14.8. The molecule has 0 bridgehead atoms. The summed E-state index contributed by atoms with van der Waals surface area (Å²) >= 11 is 0. The molecule has 9 aromatic rings. The highest BCUT2D eigenvalue weighted by Crippen LogP contribution is 2.53. The molecule has 6 aromatic carbocycles. The summed E-state index contributed by atoms with van der Waals surface area (Å²) in [5.74, 6) is 5.78. The molecule has 0 aliphatic carbocycles. The third-order valence-electron chi connectivity index (χ3n) is 11.1. The number of ether oxygens (including phenoxy) is 3. The lowest BCUT2D eigenvalue weighted by atomic mass is 10.1. The molecule has 0 amide bonds. The highest BCUT2D eigenvalue weighted by molar-refractivity contribution is 7.84. The Labute approximate surface area is 356 Å². The number of rotatable bonds is 6. The number of nitrogens with zero attached hydrogens (tertiary/aromatic N) is 6. The van der Waals surface area contributed by atoms with Crippen LogP contribution in [0.1, 0.15) is 0 Å². The first-order valence-electron chi connectivity index (χ1n) is 20.1. The highest BCUT2D eigenvalue weighted by Gasteiger charge is 2.38. The Hall–Kier alpha value is -8.20.